The lowest BCUT2D eigenvalue weighted by Gasteiger charge is -2.29. The molecule has 0 fully saturated rings. The number of carbonyl (C=O) groups is 2. The average molecular weight is 344 g/mol. The van der Waals surface area contributed by atoms with Gasteiger partial charge in [-0.15, -0.1) is 0 Å². The van der Waals surface area contributed by atoms with Gasteiger partial charge in [-0.25, -0.2) is 0 Å². The Morgan fingerprint density at radius 3 is 1.96 bits per heavy atom. The van der Waals surface area contributed by atoms with Crippen molar-refractivity contribution in [3.63, 3.8) is 0 Å². The molecule has 0 radical (unpaired) electrons. The van der Waals surface area contributed by atoms with Gasteiger partial charge in [0.2, 0.25) is 0 Å². The third-order valence-corrected chi connectivity index (χ3v) is 3.92. The first-order valence-corrected chi connectivity index (χ1v) is 8.94. The first kappa shape index (κ1) is 23.0. The second-order valence-electron chi connectivity index (χ2n) is 7.26. The summed E-state index contributed by atoms with van der Waals surface area (Å²) < 4.78 is 11.2. The van der Waals surface area contributed by atoms with Crippen LogP contribution in [0, 0.1) is 0 Å². The topological polar surface area (TPSA) is 105 Å². The number of rotatable bonds is 14. The fraction of sp³-hybridized carbons (Fsp3) is 0.889. The number of Topliss-reactive ketones (excluding diaryl/α,β-unsaturated/α-hetero) is 1. The van der Waals surface area contributed by atoms with Crippen molar-refractivity contribution in [3.8, 4) is 0 Å². The zero-order valence-corrected chi connectivity index (χ0v) is 15.9. The average Bonchev–Trinajstić information content (AvgIpc) is 2.46. The highest BCUT2D eigenvalue weighted by molar-refractivity contribution is 5.86. The molecule has 0 aromatic rings. The zero-order valence-electron chi connectivity index (χ0n) is 15.9. The summed E-state index contributed by atoms with van der Waals surface area (Å²) in [5.74, 6) is -0.141. The lowest BCUT2D eigenvalue weighted by Crippen LogP contribution is -2.37. The van der Waals surface area contributed by atoms with E-state index >= 15 is 0 Å². The van der Waals surface area contributed by atoms with Crippen LogP contribution in [0.1, 0.15) is 72.6 Å². The number of ketones is 1. The molecule has 0 bridgehead atoms. The highest BCUT2D eigenvalue weighted by Crippen LogP contribution is 2.20. The van der Waals surface area contributed by atoms with Gasteiger partial charge in [-0.1, -0.05) is 0 Å². The van der Waals surface area contributed by atoms with E-state index in [9.17, 15) is 9.59 Å². The van der Waals surface area contributed by atoms with Crippen LogP contribution in [-0.4, -0.2) is 42.7 Å². The molecule has 142 valence electrons. The van der Waals surface area contributed by atoms with Gasteiger partial charge in [0.05, 0.1) is 6.61 Å². The van der Waals surface area contributed by atoms with Crippen LogP contribution in [0.5, 0.6) is 0 Å². The van der Waals surface area contributed by atoms with Crippen LogP contribution >= 0.6 is 0 Å². The molecule has 0 aliphatic rings. The molecular weight excluding hydrogens is 308 g/mol. The molecule has 0 saturated carbocycles. The number of nitrogens with two attached hydrogens (primary N) is 2. The summed E-state index contributed by atoms with van der Waals surface area (Å²) in [7, 11) is 0. The van der Waals surface area contributed by atoms with E-state index in [4.69, 9.17) is 20.9 Å². The minimum Gasteiger partial charge on any atom is -0.460 e. The molecule has 0 atom stereocenters. The number of esters is 1. The molecule has 0 unspecified atom stereocenters. The van der Waals surface area contributed by atoms with Crippen molar-refractivity contribution < 1.29 is 19.1 Å². The monoisotopic (exact) mass is 344 g/mol. The molecule has 0 amide bonds. The summed E-state index contributed by atoms with van der Waals surface area (Å²) in [6.45, 7) is 8.81. The highest BCUT2D eigenvalue weighted by Gasteiger charge is 2.29. The maximum atomic E-state index is 12.2. The van der Waals surface area contributed by atoms with Gasteiger partial charge >= 0.3 is 5.97 Å². The maximum Gasteiger partial charge on any atom is 0.306 e. The number of unbranched alkanes of at least 4 members (excludes halogenated alkanes) is 2. The quantitative estimate of drug-likeness (QED) is 0.370. The summed E-state index contributed by atoms with van der Waals surface area (Å²) in [5.41, 5.74) is 9.41. The van der Waals surface area contributed by atoms with E-state index in [1.165, 1.54) is 0 Å². The van der Waals surface area contributed by atoms with Gasteiger partial charge in [0.15, 0.2) is 5.78 Å². The van der Waals surface area contributed by atoms with Crippen LogP contribution in [-0.2, 0) is 19.1 Å². The van der Waals surface area contributed by atoms with Gasteiger partial charge in [-0.3, -0.25) is 9.59 Å². The van der Waals surface area contributed by atoms with Gasteiger partial charge < -0.3 is 20.9 Å². The third kappa shape index (κ3) is 10.7. The van der Waals surface area contributed by atoms with Crippen LogP contribution in [0.4, 0.5) is 0 Å². The van der Waals surface area contributed by atoms with E-state index < -0.39 is 11.2 Å². The molecule has 0 rings (SSSR count). The van der Waals surface area contributed by atoms with Crippen molar-refractivity contribution in [2.45, 2.75) is 83.8 Å². The molecule has 0 aliphatic carbocycles. The molecule has 24 heavy (non-hydrogen) atoms. The molecule has 0 aliphatic heterocycles. The molecule has 0 saturated heterocycles. The predicted molar refractivity (Wildman–Crippen MR) is 95.6 cm³/mol. The Balaban J connectivity index is 4.16. The summed E-state index contributed by atoms with van der Waals surface area (Å²) in [4.78, 5) is 23.9. The number of hydrogen-bond acceptors (Lipinski definition) is 6. The second kappa shape index (κ2) is 11.6. The third-order valence-electron chi connectivity index (χ3n) is 3.92. The first-order valence-electron chi connectivity index (χ1n) is 8.94. The van der Waals surface area contributed by atoms with Gasteiger partial charge in [0.25, 0.3) is 0 Å². The second-order valence-corrected chi connectivity index (χ2v) is 7.26. The largest absolute Gasteiger partial charge is 0.460 e. The minimum atomic E-state index is -0.824. The lowest BCUT2D eigenvalue weighted by atomic mass is 9.98. The standard InChI is InChI=1S/C18H36N2O4/c1-17(2,24-16(22)10-6-8-13-20)11-14-23-18(3,4)15(21)9-5-7-12-19/h5-14,19-20H2,1-4H3. The van der Waals surface area contributed by atoms with Gasteiger partial charge in [-0.05, 0) is 66.5 Å². The Bertz CT molecular complexity index is 381. The van der Waals surface area contributed by atoms with Gasteiger partial charge in [0, 0.05) is 19.3 Å². The smallest absolute Gasteiger partial charge is 0.306 e. The molecule has 0 aromatic carbocycles. The fourth-order valence-electron chi connectivity index (χ4n) is 2.19. The molecular formula is C18H36N2O4. The van der Waals surface area contributed by atoms with E-state index in [0.717, 1.165) is 25.7 Å². The Morgan fingerprint density at radius 2 is 1.42 bits per heavy atom. The Morgan fingerprint density at radius 1 is 0.875 bits per heavy atom. The van der Waals surface area contributed by atoms with Crippen molar-refractivity contribution in [3.05, 3.63) is 0 Å². The predicted octanol–water partition coefficient (Wildman–Crippen LogP) is 2.32. The summed E-state index contributed by atoms with van der Waals surface area (Å²) in [5, 5.41) is 0. The summed E-state index contributed by atoms with van der Waals surface area (Å²) in [6.07, 6.45) is 4.58. The van der Waals surface area contributed by atoms with E-state index in [-0.39, 0.29) is 11.8 Å². The van der Waals surface area contributed by atoms with Gasteiger partial charge in [0.1, 0.15) is 11.2 Å². The fourth-order valence-corrected chi connectivity index (χ4v) is 2.19. The highest BCUT2D eigenvalue weighted by atomic mass is 16.6. The number of carbonyl (C=O) groups excluding carboxylic acids is 2. The molecule has 0 aromatic heterocycles. The SMILES string of the molecule is CC(C)(CCOC(C)(C)C(=O)CCCCN)OC(=O)CCCCN. The minimum absolute atomic E-state index is 0.0764. The van der Waals surface area contributed by atoms with Crippen molar-refractivity contribution >= 4 is 11.8 Å². The van der Waals surface area contributed by atoms with Crippen molar-refractivity contribution in [2.24, 2.45) is 11.5 Å². The van der Waals surface area contributed by atoms with Crippen molar-refractivity contribution in [1.82, 2.24) is 0 Å². The Labute approximate surface area is 146 Å². The normalized spacial score (nSPS) is 12.2. The van der Waals surface area contributed by atoms with Crippen molar-refractivity contribution in [1.29, 1.82) is 0 Å². The first-order chi connectivity index (χ1) is 11.1. The van der Waals surface area contributed by atoms with E-state index in [0.29, 0.717) is 39.0 Å². The van der Waals surface area contributed by atoms with E-state index in [2.05, 4.69) is 0 Å². The van der Waals surface area contributed by atoms with Crippen LogP contribution < -0.4 is 11.5 Å². The van der Waals surface area contributed by atoms with E-state index in [1.807, 2.05) is 13.8 Å². The molecule has 4 N–H and O–H groups in total. The molecule has 6 heteroatoms. The molecule has 0 heterocycles. The molecule has 0 spiro atoms. The zero-order chi connectivity index (χ0) is 18.6. The summed E-state index contributed by atoms with van der Waals surface area (Å²) >= 11 is 0. The lowest BCUT2D eigenvalue weighted by molar-refractivity contribution is -0.161. The maximum absolute atomic E-state index is 12.2. The number of hydrogen-bond donors (Lipinski definition) is 2. The van der Waals surface area contributed by atoms with Crippen LogP contribution in [0.3, 0.4) is 0 Å². The van der Waals surface area contributed by atoms with Gasteiger partial charge in [-0.2, -0.15) is 0 Å². The molecule has 6 nitrogen and oxygen atoms in total. The number of ether oxygens (including phenoxy) is 2. The van der Waals surface area contributed by atoms with E-state index in [1.54, 1.807) is 13.8 Å². The van der Waals surface area contributed by atoms with Crippen molar-refractivity contribution in [2.75, 3.05) is 19.7 Å². The van der Waals surface area contributed by atoms with Crippen LogP contribution in [0.2, 0.25) is 0 Å². The Hall–Kier alpha value is -0.980. The summed E-state index contributed by atoms with van der Waals surface area (Å²) in [6, 6.07) is 0. The van der Waals surface area contributed by atoms with Crippen LogP contribution in [0.15, 0.2) is 0 Å². The van der Waals surface area contributed by atoms with Crippen LogP contribution in [0.25, 0.3) is 0 Å². The Kier molecular flexibility index (Phi) is 11.1.